The maximum absolute atomic E-state index is 6.12. The number of nitrogens with zero attached hydrogens (tertiary/aromatic N) is 2. The molecule has 4 rings (SSSR count). The molecule has 2 aromatic carbocycles. The second kappa shape index (κ2) is 9.65. The maximum atomic E-state index is 6.12. The summed E-state index contributed by atoms with van der Waals surface area (Å²) in [5.41, 5.74) is 8.37. The Hall–Kier alpha value is -2.73. The minimum absolute atomic E-state index is 0.450. The van der Waals surface area contributed by atoms with Gasteiger partial charge in [-0.05, 0) is 49.5 Å². The minimum Gasteiger partial charge on any atom is -0.490 e. The molecule has 3 N–H and O–H groups in total. The van der Waals surface area contributed by atoms with Crippen molar-refractivity contribution in [3.05, 3.63) is 54.1 Å². The number of rotatable bonds is 5. The molecule has 0 saturated carbocycles. The molecule has 0 bridgehead atoms. The monoisotopic (exact) mass is 394 g/mol. The molecule has 2 aliphatic rings. The highest BCUT2D eigenvalue weighted by molar-refractivity contribution is 5.92. The molecule has 2 heterocycles. The Kier molecular flexibility index (Phi) is 6.52. The smallest absolute Gasteiger partial charge is 0.193 e. The molecule has 0 radical (unpaired) electrons. The van der Waals surface area contributed by atoms with Crippen LogP contribution < -0.4 is 20.5 Å². The Morgan fingerprint density at radius 2 is 1.79 bits per heavy atom. The number of hydrogen-bond donors (Lipinski definition) is 2. The van der Waals surface area contributed by atoms with Gasteiger partial charge in [0.1, 0.15) is 0 Å². The highest BCUT2D eigenvalue weighted by Crippen LogP contribution is 2.32. The van der Waals surface area contributed by atoms with Gasteiger partial charge in [0.2, 0.25) is 0 Å². The number of anilines is 1. The lowest BCUT2D eigenvalue weighted by molar-refractivity contribution is 0.180. The predicted molar refractivity (Wildman–Crippen MR) is 117 cm³/mol. The number of benzene rings is 2. The summed E-state index contributed by atoms with van der Waals surface area (Å²) in [5.74, 6) is 2.58. The normalized spacial score (nSPS) is 18.3. The van der Waals surface area contributed by atoms with Crippen molar-refractivity contribution < 1.29 is 9.47 Å². The van der Waals surface area contributed by atoms with E-state index in [1.807, 2.05) is 18.2 Å². The molecular formula is C23H30N4O2. The first-order valence-corrected chi connectivity index (χ1v) is 10.5. The quantitative estimate of drug-likeness (QED) is 0.600. The largest absolute Gasteiger partial charge is 0.490 e. The van der Waals surface area contributed by atoms with E-state index in [0.717, 1.165) is 62.6 Å². The van der Waals surface area contributed by atoms with E-state index in [1.165, 1.54) is 5.56 Å². The Balaban J connectivity index is 1.24. The Labute approximate surface area is 172 Å². The molecule has 2 aliphatic heterocycles. The average Bonchev–Trinajstić information content (AvgIpc) is 2.99. The number of piperidine rings is 1. The van der Waals surface area contributed by atoms with Crippen molar-refractivity contribution in [2.75, 3.05) is 38.2 Å². The predicted octanol–water partition coefficient (Wildman–Crippen LogP) is 3.49. The fourth-order valence-corrected chi connectivity index (χ4v) is 3.82. The van der Waals surface area contributed by atoms with Crippen LogP contribution in [0.15, 0.2) is 53.5 Å². The van der Waals surface area contributed by atoms with E-state index in [2.05, 4.69) is 45.5 Å². The van der Waals surface area contributed by atoms with Gasteiger partial charge in [0.25, 0.3) is 0 Å². The molecule has 0 atom stereocenters. The number of hydrogen-bond acceptors (Lipinski definition) is 4. The second-order valence-electron chi connectivity index (χ2n) is 7.77. The lowest BCUT2D eigenvalue weighted by Gasteiger charge is -2.31. The van der Waals surface area contributed by atoms with E-state index in [9.17, 15) is 0 Å². The third kappa shape index (κ3) is 5.64. The molecule has 0 aliphatic carbocycles. The molecule has 6 heteroatoms. The number of ether oxygens (including phenoxy) is 2. The van der Waals surface area contributed by atoms with Crippen LogP contribution in [0.1, 0.15) is 24.8 Å². The number of likely N-dealkylation sites (tertiary alicyclic amines) is 1. The van der Waals surface area contributed by atoms with E-state index in [1.54, 1.807) is 0 Å². The first kappa shape index (κ1) is 19.6. The zero-order valence-corrected chi connectivity index (χ0v) is 16.8. The van der Waals surface area contributed by atoms with Gasteiger partial charge in [-0.15, -0.1) is 0 Å². The van der Waals surface area contributed by atoms with Crippen LogP contribution >= 0.6 is 0 Å². The van der Waals surface area contributed by atoms with E-state index < -0.39 is 0 Å². The summed E-state index contributed by atoms with van der Waals surface area (Å²) < 4.78 is 11.4. The van der Waals surface area contributed by atoms with Crippen molar-refractivity contribution in [1.29, 1.82) is 0 Å². The zero-order valence-electron chi connectivity index (χ0n) is 16.8. The first-order valence-electron chi connectivity index (χ1n) is 10.5. The lowest BCUT2D eigenvalue weighted by atomic mass is 9.96. The Morgan fingerprint density at radius 1 is 1.03 bits per heavy atom. The third-order valence-electron chi connectivity index (χ3n) is 5.50. The van der Waals surface area contributed by atoms with Crippen LogP contribution in [0.5, 0.6) is 11.5 Å². The molecule has 0 spiro atoms. The average molecular weight is 395 g/mol. The highest BCUT2D eigenvalue weighted by atomic mass is 16.5. The fourth-order valence-electron chi connectivity index (χ4n) is 3.82. The molecular weight excluding hydrogens is 364 g/mol. The number of aliphatic imine (C=N–C) groups is 1. The van der Waals surface area contributed by atoms with Gasteiger partial charge < -0.3 is 20.5 Å². The third-order valence-corrected chi connectivity index (χ3v) is 5.50. The SMILES string of the molecule is NC(=NCC1CCN(Cc2ccccc2)CC1)Nc1ccc2c(c1)OCCCO2. The van der Waals surface area contributed by atoms with E-state index >= 15 is 0 Å². The van der Waals surface area contributed by atoms with E-state index in [0.29, 0.717) is 25.1 Å². The summed E-state index contributed by atoms with van der Waals surface area (Å²) in [4.78, 5) is 7.10. The van der Waals surface area contributed by atoms with Gasteiger partial charge in [0, 0.05) is 31.3 Å². The minimum atomic E-state index is 0.450. The van der Waals surface area contributed by atoms with Gasteiger partial charge in [-0.25, -0.2) is 0 Å². The molecule has 1 fully saturated rings. The summed E-state index contributed by atoms with van der Waals surface area (Å²) in [5, 5.41) is 3.18. The summed E-state index contributed by atoms with van der Waals surface area (Å²) >= 11 is 0. The summed E-state index contributed by atoms with van der Waals surface area (Å²) in [6.07, 6.45) is 3.21. The number of nitrogens with two attached hydrogens (primary N) is 1. The van der Waals surface area contributed by atoms with Crippen molar-refractivity contribution >= 4 is 11.6 Å². The van der Waals surface area contributed by atoms with Crippen LogP contribution in [0.3, 0.4) is 0 Å². The van der Waals surface area contributed by atoms with E-state index in [-0.39, 0.29) is 0 Å². The fraction of sp³-hybridized carbons (Fsp3) is 0.435. The summed E-state index contributed by atoms with van der Waals surface area (Å²) in [6, 6.07) is 16.5. The van der Waals surface area contributed by atoms with Crippen molar-refractivity contribution in [3.63, 3.8) is 0 Å². The molecule has 0 amide bonds. The number of fused-ring (bicyclic) bond motifs is 1. The van der Waals surface area contributed by atoms with Gasteiger partial charge in [0.05, 0.1) is 13.2 Å². The van der Waals surface area contributed by atoms with Crippen molar-refractivity contribution in [2.24, 2.45) is 16.6 Å². The topological polar surface area (TPSA) is 72.1 Å². The van der Waals surface area contributed by atoms with Crippen LogP contribution in [-0.4, -0.2) is 43.7 Å². The standard InChI is InChI=1S/C23H30N4O2/c24-23(26-20-7-8-21-22(15-20)29-14-4-13-28-21)25-16-18-9-11-27(12-10-18)17-19-5-2-1-3-6-19/h1-3,5-8,15,18H,4,9-14,16-17H2,(H3,24,25,26). The molecule has 6 nitrogen and oxygen atoms in total. The van der Waals surface area contributed by atoms with Gasteiger partial charge in [0.15, 0.2) is 17.5 Å². The maximum Gasteiger partial charge on any atom is 0.193 e. The Bertz CT molecular complexity index is 817. The van der Waals surface area contributed by atoms with Gasteiger partial charge in [-0.3, -0.25) is 9.89 Å². The first-order chi connectivity index (χ1) is 14.3. The van der Waals surface area contributed by atoms with Crippen molar-refractivity contribution in [1.82, 2.24) is 4.90 Å². The number of guanidine groups is 1. The van der Waals surface area contributed by atoms with Crippen molar-refractivity contribution in [2.45, 2.75) is 25.8 Å². The van der Waals surface area contributed by atoms with Gasteiger partial charge in [-0.2, -0.15) is 0 Å². The van der Waals surface area contributed by atoms with E-state index in [4.69, 9.17) is 15.2 Å². The molecule has 0 unspecified atom stereocenters. The molecule has 1 saturated heterocycles. The zero-order chi connectivity index (χ0) is 19.9. The summed E-state index contributed by atoms with van der Waals surface area (Å²) in [6.45, 7) is 5.39. The molecule has 0 aromatic heterocycles. The lowest BCUT2D eigenvalue weighted by Crippen LogP contribution is -2.34. The summed E-state index contributed by atoms with van der Waals surface area (Å²) in [7, 11) is 0. The van der Waals surface area contributed by atoms with Crippen LogP contribution in [-0.2, 0) is 6.54 Å². The highest BCUT2D eigenvalue weighted by Gasteiger charge is 2.19. The van der Waals surface area contributed by atoms with Crippen LogP contribution in [0, 0.1) is 5.92 Å². The second-order valence-corrected chi connectivity index (χ2v) is 7.77. The molecule has 29 heavy (non-hydrogen) atoms. The van der Waals surface area contributed by atoms with Crippen LogP contribution in [0.25, 0.3) is 0 Å². The molecule has 2 aromatic rings. The van der Waals surface area contributed by atoms with Gasteiger partial charge >= 0.3 is 0 Å². The van der Waals surface area contributed by atoms with Crippen molar-refractivity contribution in [3.8, 4) is 11.5 Å². The molecule has 154 valence electrons. The van der Waals surface area contributed by atoms with Gasteiger partial charge in [-0.1, -0.05) is 30.3 Å². The van der Waals surface area contributed by atoms with Crippen LogP contribution in [0.4, 0.5) is 5.69 Å². The number of nitrogens with one attached hydrogen (secondary N) is 1. The van der Waals surface area contributed by atoms with Crippen LogP contribution in [0.2, 0.25) is 0 Å². The Morgan fingerprint density at radius 3 is 2.59 bits per heavy atom.